The lowest BCUT2D eigenvalue weighted by Gasteiger charge is -2.12. The predicted molar refractivity (Wildman–Crippen MR) is 93.9 cm³/mol. The summed E-state index contributed by atoms with van der Waals surface area (Å²) in [4.78, 5) is 12.7. The van der Waals surface area contributed by atoms with E-state index >= 15 is 0 Å². The Morgan fingerprint density at radius 1 is 1.08 bits per heavy atom. The van der Waals surface area contributed by atoms with E-state index in [9.17, 15) is 4.39 Å². The molecule has 2 heterocycles. The molecular weight excluding hydrogens is 319 g/mol. The van der Waals surface area contributed by atoms with Crippen molar-refractivity contribution in [3.05, 3.63) is 54.2 Å². The number of aromatic nitrogens is 3. The number of nitrogens with one attached hydrogen (secondary N) is 1. The zero-order valence-corrected chi connectivity index (χ0v) is 13.8. The van der Waals surface area contributed by atoms with Crippen LogP contribution >= 0.6 is 0 Å². The molecule has 0 radical (unpaired) electrons. The quantitative estimate of drug-likeness (QED) is 0.759. The number of halogens is 1. The van der Waals surface area contributed by atoms with E-state index in [0.717, 1.165) is 18.4 Å². The minimum atomic E-state index is -0.305. The van der Waals surface area contributed by atoms with Gasteiger partial charge in [0.1, 0.15) is 24.1 Å². The first-order valence-electron chi connectivity index (χ1n) is 8.54. The van der Waals surface area contributed by atoms with Crippen molar-refractivity contribution in [1.82, 2.24) is 15.0 Å². The first kappa shape index (κ1) is 15.7. The number of nitrogens with zero attached hydrogens (tertiary/aromatic N) is 3. The topological polar surface area (TPSA) is 59.9 Å². The van der Waals surface area contributed by atoms with Crippen LogP contribution in [0.4, 0.5) is 10.2 Å². The van der Waals surface area contributed by atoms with Gasteiger partial charge in [0.2, 0.25) is 5.88 Å². The molecule has 1 fully saturated rings. The minimum Gasteiger partial charge on any atom is -0.474 e. The molecule has 0 aliphatic heterocycles. The van der Waals surface area contributed by atoms with Crippen LogP contribution in [0.25, 0.3) is 10.9 Å². The van der Waals surface area contributed by atoms with Crippen molar-refractivity contribution in [3.8, 4) is 5.88 Å². The van der Waals surface area contributed by atoms with E-state index in [1.165, 1.54) is 31.3 Å². The average Bonchev–Trinajstić information content (AvgIpc) is 3.14. The van der Waals surface area contributed by atoms with Crippen molar-refractivity contribution < 1.29 is 9.13 Å². The van der Waals surface area contributed by atoms with E-state index in [-0.39, 0.29) is 5.82 Å². The molecule has 0 atom stereocenters. The summed E-state index contributed by atoms with van der Waals surface area (Å²) in [5.74, 6) is 0.974. The average molecular weight is 338 g/mol. The summed E-state index contributed by atoms with van der Waals surface area (Å²) in [5.41, 5.74) is 1.71. The molecule has 1 aliphatic rings. The van der Waals surface area contributed by atoms with Crippen LogP contribution in [0.15, 0.2) is 42.9 Å². The molecular formula is C19H19FN4O. The molecule has 25 heavy (non-hydrogen) atoms. The van der Waals surface area contributed by atoms with E-state index in [1.807, 2.05) is 12.1 Å². The van der Waals surface area contributed by atoms with E-state index in [1.54, 1.807) is 12.3 Å². The Morgan fingerprint density at radius 3 is 2.76 bits per heavy atom. The zero-order chi connectivity index (χ0) is 17.1. The van der Waals surface area contributed by atoms with Crippen LogP contribution in [-0.2, 0) is 6.54 Å². The Kier molecular flexibility index (Phi) is 4.41. The third kappa shape index (κ3) is 3.68. The van der Waals surface area contributed by atoms with E-state index in [2.05, 4.69) is 20.3 Å². The number of ether oxygens (including phenoxy) is 1. The van der Waals surface area contributed by atoms with Crippen molar-refractivity contribution in [3.63, 3.8) is 0 Å². The van der Waals surface area contributed by atoms with Crippen LogP contribution in [0.1, 0.15) is 31.2 Å². The number of benzene rings is 1. The van der Waals surface area contributed by atoms with Crippen LogP contribution in [0.2, 0.25) is 0 Å². The van der Waals surface area contributed by atoms with Crippen LogP contribution in [0.3, 0.4) is 0 Å². The second kappa shape index (κ2) is 7.01. The van der Waals surface area contributed by atoms with Gasteiger partial charge in [0.05, 0.1) is 5.52 Å². The molecule has 0 amide bonds. The molecule has 0 bridgehead atoms. The summed E-state index contributed by atoms with van der Waals surface area (Å²) in [6.45, 7) is 0.541. The maximum atomic E-state index is 13.5. The summed E-state index contributed by atoms with van der Waals surface area (Å²) in [7, 11) is 0. The highest BCUT2D eigenvalue weighted by Gasteiger charge is 2.16. The Balaban J connectivity index is 1.43. The first-order chi connectivity index (χ1) is 12.3. The number of hydrogen-bond donors (Lipinski definition) is 1. The smallest absolute Gasteiger partial charge is 0.213 e. The van der Waals surface area contributed by atoms with Gasteiger partial charge in [0.15, 0.2) is 0 Å². The van der Waals surface area contributed by atoms with Gasteiger partial charge in [-0.3, -0.25) is 0 Å². The SMILES string of the molecule is Fc1ccc2ncnc(NCc3ccc(OC4CCCC4)nc3)c2c1. The molecule has 1 saturated carbocycles. The molecule has 0 unspecified atom stereocenters. The maximum absolute atomic E-state index is 13.5. The van der Waals surface area contributed by atoms with E-state index in [4.69, 9.17) is 4.74 Å². The summed E-state index contributed by atoms with van der Waals surface area (Å²) < 4.78 is 19.4. The molecule has 5 nitrogen and oxygen atoms in total. The lowest BCUT2D eigenvalue weighted by Crippen LogP contribution is -2.12. The Hall–Kier alpha value is -2.76. The summed E-state index contributed by atoms with van der Waals surface area (Å²) in [6.07, 6.45) is 8.27. The molecule has 0 spiro atoms. The Morgan fingerprint density at radius 2 is 1.96 bits per heavy atom. The van der Waals surface area contributed by atoms with Gasteiger partial charge >= 0.3 is 0 Å². The molecule has 3 aromatic rings. The largest absolute Gasteiger partial charge is 0.474 e. The number of fused-ring (bicyclic) bond motifs is 1. The molecule has 6 heteroatoms. The normalized spacial score (nSPS) is 14.8. The second-order valence-electron chi connectivity index (χ2n) is 6.27. The van der Waals surface area contributed by atoms with Gasteiger partial charge in [-0.25, -0.2) is 19.3 Å². The van der Waals surface area contributed by atoms with Crippen molar-refractivity contribution in [2.75, 3.05) is 5.32 Å². The monoisotopic (exact) mass is 338 g/mol. The number of hydrogen-bond acceptors (Lipinski definition) is 5. The fourth-order valence-corrected chi connectivity index (χ4v) is 3.12. The lowest BCUT2D eigenvalue weighted by molar-refractivity contribution is 0.201. The number of anilines is 1. The van der Waals surface area contributed by atoms with Crippen LogP contribution < -0.4 is 10.1 Å². The molecule has 0 saturated heterocycles. The van der Waals surface area contributed by atoms with Crippen molar-refractivity contribution in [2.24, 2.45) is 0 Å². The summed E-state index contributed by atoms with van der Waals surface area (Å²) >= 11 is 0. The predicted octanol–water partition coefficient (Wildman–Crippen LogP) is 4.10. The molecule has 1 N–H and O–H groups in total. The maximum Gasteiger partial charge on any atom is 0.213 e. The molecule has 1 aliphatic carbocycles. The summed E-state index contributed by atoms with van der Waals surface area (Å²) in [6, 6.07) is 8.36. The Labute approximate surface area is 145 Å². The van der Waals surface area contributed by atoms with Gasteiger partial charge < -0.3 is 10.1 Å². The van der Waals surface area contributed by atoms with Gasteiger partial charge in [-0.2, -0.15) is 0 Å². The van der Waals surface area contributed by atoms with Gasteiger partial charge in [0.25, 0.3) is 0 Å². The van der Waals surface area contributed by atoms with Crippen LogP contribution in [0.5, 0.6) is 5.88 Å². The zero-order valence-electron chi connectivity index (χ0n) is 13.8. The van der Waals surface area contributed by atoms with Crippen LogP contribution in [-0.4, -0.2) is 21.1 Å². The highest BCUT2D eigenvalue weighted by Crippen LogP contribution is 2.23. The van der Waals surface area contributed by atoms with Gasteiger partial charge in [-0.15, -0.1) is 0 Å². The van der Waals surface area contributed by atoms with Gasteiger partial charge in [-0.1, -0.05) is 6.07 Å². The van der Waals surface area contributed by atoms with Gasteiger partial charge in [-0.05, 0) is 49.4 Å². The number of pyridine rings is 1. The molecule has 2 aromatic heterocycles. The van der Waals surface area contributed by atoms with Crippen molar-refractivity contribution in [2.45, 2.75) is 38.3 Å². The summed E-state index contributed by atoms with van der Waals surface area (Å²) in [5, 5.41) is 3.89. The van der Waals surface area contributed by atoms with Crippen molar-refractivity contribution >= 4 is 16.7 Å². The standard InChI is InChI=1S/C19H19FN4O/c20-14-6-7-17-16(9-14)19(24-12-23-17)22-11-13-5-8-18(21-10-13)25-15-3-1-2-4-15/h5-10,12,15H,1-4,11H2,(H,22,23,24). The third-order valence-corrected chi connectivity index (χ3v) is 4.44. The number of rotatable bonds is 5. The molecule has 1 aromatic carbocycles. The minimum absolute atomic E-state index is 0.304. The molecule has 4 rings (SSSR count). The van der Waals surface area contributed by atoms with E-state index < -0.39 is 0 Å². The first-order valence-corrected chi connectivity index (χ1v) is 8.54. The van der Waals surface area contributed by atoms with Crippen LogP contribution in [0, 0.1) is 5.82 Å². The highest BCUT2D eigenvalue weighted by molar-refractivity contribution is 5.88. The Bertz CT molecular complexity index is 863. The fourth-order valence-electron chi connectivity index (χ4n) is 3.12. The van der Waals surface area contributed by atoms with E-state index in [0.29, 0.717) is 35.2 Å². The third-order valence-electron chi connectivity index (χ3n) is 4.44. The highest BCUT2D eigenvalue weighted by atomic mass is 19.1. The second-order valence-corrected chi connectivity index (χ2v) is 6.27. The van der Waals surface area contributed by atoms with Crippen molar-refractivity contribution in [1.29, 1.82) is 0 Å². The lowest BCUT2D eigenvalue weighted by atomic mass is 10.2. The van der Waals surface area contributed by atoms with Gasteiger partial charge in [0, 0.05) is 24.2 Å². The molecule has 128 valence electrons. The fraction of sp³-hybridized carbons (Fsp3) is 0.316.